The molecule has 0 aliphatic carbocycles. The molecule has 108 valence electrons. The molecule has 0 saturated heterocycles. The molecule has 1 amide bonds. The molecule has 0 bridgehead atoms. The summed E-state index contributed by atoms with van der Waals surface area (Å²) >= 11 is 5.76. The van der Waals surface area contributed by atoms with Crippen LogP contribution in [0.15, 0.2) is 36.4 Å². The second-order valence-corrected chi connectivity index (χ2v) is 4.49. The fourth-order valence-electron chi connectivity index (χ4n) is 1.61. The van der Waals surface area contributed by atoms with Gasteiger partial charge in [-0.2, -0.15) is 0 Å². The minimum absolute atomic E-state index is 0.0106. The van der Waals surface area contributed by atoms with Crippen LogP contribution in [0, 0.1) is 11.6 Å². The van der Waals surface area contributed by atoms with Gasteiger partial charge in [0.1, 0.15) is 11.6 Å². The molecule has 0 aromatic heterocycles. The smallest absolute Gasteiger partial charge is 0.335 e. The zero-order valence-electron chi connectivity index (χ0n) is 10.4. The lowest BCUT2D eigenvalue weighted by atomic mass is 10.1. The first kappa shape index (κ1) is 14.9. The van der Waals surface area contributed by atoms with Gasteiger partial charge in [-0.3, -0.25) is 4.79 Å². The Morgan fingerprint density at radius 3 is 2.43 bits per heavy atom. The van der Waals surface area contributed by atoms with Crippen molar-refractivity contribution in [2.75, 3.05) is 5.32 Å². The van der Waals surface area contributed by atoms with Crippen LogP contribution in [0.4, 0.5) is 14.5 Å². The molecule has 0 aliphatic rings. The van der Waals surface area contributed by atoms with Gasteiger partial charge in [-0.05, 0) is 36.4 Å². The van der Waals surface area contributed by atoms with Crippen molar-refractivity contribution in [3.63, 3.8) is 0 Å². The summed E-state index contributed by atoms with van der Waals surface area (Å²) in [5.41, 5.74) is -0.641. The van der Waals surface area contributed by atoms with Crippen molar-refractivity contribution in [2.24, 2.45) is 0 Å². The van der Waals surface area contributed by atoms with E-state index >= 15 is 0 Å². The Labute approximate surface area is 123 Å². The summed E-state index contributed by atoms with van der Waals surface area (Å²) < 4.78 is 26.8. The molecule has 0 heterocycles. The van der Waals surface area contributed by atoms with E-state index in [-0.39, 0.29) is 21.8 Å². The molecule has 0 aliphatic heterocycles. The summed E-state index contributed by atoms with van der Waals surface area (Å²) in [4.78, 5) is 22.6. The lowest BCUT2D eigenvalue weighted by molar-refractivity contribution is 0.0696. The van der Waals surface area contributed by atoms with Gasteiger partial charge in [0.2, 0.25) is 0 Å². The normalized spacial score (nSPS) is 10.2. The van der Waals surface area contributed by atoms with Crippen LogP contribution in [0.5, 0.6) is 0 Å². The molecule has 2 N–H and O–H groups in total. The van der Waals surface area contributed by atoms with Gasteiger partial charge in [0, 0.05) is 0 Å². The highest BCUT2D eigenvalue weighted by Gasteiger charge is 2.15. The van der Waals surface area contributed by atoms with Crippen LogP contribution < -0.4 is 5.32 Å². The van der Waals surface area contributed by atoms with Gasteiger partial charge >= 0.3 is 5.97 Å². The standard InChI is InChI=1S/C14H8ClF2NO3/c15-10-3-2-8(16)6-9(10)13(19)18-12-4-1-7(14(20)21)5-11(12)17/h1-6H,(H,18,19)(H,20,21). The molecule has 0 spiro atoms. The van der Waals surface area contributed by atoms with Crippen LogP contribution in [0.1, 0.15) is 20.7 Å². The monoisotopic (exact) mass is 311 g/mol. The van der Waals surface area contributed by atoms with Crippen LogP contribution >= 0.6 is 11.6 Å². The van der Waals surface area contributed by atoms with E-state index in [2.05, 4.69) is 5.32 Å². The highest BCUT2D eigenvalue weighted by Crippen LogP contribution is 2.21. The van der Waals surface area contributed by atoms with Crippen LogP contribution in [0.2, 0.25) is 5.02 Å². The summed E-state index contributed by atoms with van der Waals surface area (Å²) in [7, 11) is 0. The van der Waals surface area contributed by atoms with Crippen LogP contribution in [-0.2, 0) is 0 Å². The quantitative estimate of drug-likeness (QED) is 0.910. The van der Waals surface area contributed by atoms with Crippen molar-refractivity contribution in [3.8, 4) is 0 Å². The maximum absolute atomic E-state index is 13.7. The fraction of sp³-hybridized carbons (Fsp3) is 0. The highest BCUT2D eigenvalue weighted by molar-refractivity contribution is 6.34. The number of benzene rings is 2. The molecular weight excluding hydrogens is 304 g/mol. The van der Waals surface area contributed by atoms with Gasteiger partial charge < -0.3 is 10.4 Å². The zero-order chi connectivity index (χ0) is 15.6. The predicted molar refractivity (Wildman–Crippen MR) is 72.7 cm³/mol. The van der Waals surface area contributed by atoms with Crippen LogP contribution in [0.25, 0.3) is 0 Å². The largest absolute Gasteiger partial charge is 0.478 e. The van der Waals surface area contributed by atoms with Crippen molar-refractivity contribution >= 4 is 29.2 Å². The molecule has 0 saturated carbocycles. The summed E-state index contributed by atoms with van der Waals surface area (Å²) in [5.74, 6) is -3.68. The van der Waals surface area contributed by atoms with E-state index < -0.39 is 23.5 Å². The number of rotatable bonds is 3. The van der Waals surface area contributed by atoms with Gasteiger partial charge in [-0.15, -0.1) is 0 Å². The number of anilines is 1. The molecule has 0 atom stereocenters. The third-order valence-electron chi connectivity index (χ3n) is 2.64. The number of carbonyl (C=O) groups is 2. The molecule has 0 unspecified atom stereocenters. The number of carbonyl (C=O) groups excluding carboxylic acids is 1. The minimum Gasteiger partial charge on any atom is -0.478 e. The molecule has 0 radical (unpaired) electrons. The first-order valence-electron chi connectivity index (χ1n) is 5.67. The number of carboxylic acid groups (broad SMARTS) is 1. The molecule has 0 fully saturated rings. The van der Waals surface area contributed by atoms with Crippen molar-refractivity contribution in [1.82, 2.24) is 0 Å². The minimum atomic E-state index is -1.29. The van der Waals surface area contributed by atoms with Gasteiger partial charge in [0.05, 0.1) is 21.8 Å². The fourth-order valence-corrected chi connectivity index (χ4v) is 1.81. The summed E-state index contributed by atoms with van der Waals surface area (Å²) in [5, 5.41) is 10.9. The Balaban J connectivity index is 2.27. The molecular formula is C14H8ClF2NO3. The van der Waals surface area contributed by atoms with E-state index in [1.54, 1.807) is 0 Å². The third-order valence-corrected chi connectivity index (χ3v) is 2.97. The predicted octanol–water partition coefficient (Wildman–Crippen LogP) is 3.57. The molecule has 2 aromatic carbocycles. The first-order chi connectivity index (χ1) is 9.88. The number of carboxylic acids is 1. The number of hydrogen-bond acceptors (Lipinski definition) is 2. The molecule has 4 nitrogen and oxygen atoms in total. The maximum atomic E-state index is 13.7. The molecule has 21 heavy (non-hydrogen) atoms. The lowest BCUT2D eigenvalue weighted by Gasteiger charge is -2.08. The van der Waals surface area contributed by atoms with E-state index in [1.165, 1.54) is 6.07 Å². The average Bonchev–Trinajstić information content (AvgIpc) is 2.43. The average molecular weight is 312 g/mol. The Kier molecular flexibility index (Phi) is 4.18. The van der Waals surface area contributed by atoms with Gasteiger partial charge in [-0.1, -0.05) is 11.6 Å². The SMILES string of the molecule is O=C(O)c1ccc(NC(=O)c2cc(F)ccc2Cl)c(F)c1. The van der Waals surface area contributed by atoms with Crippen molar-refractivity contribution in [1.29, 1.82) is 0 Å². The third kappa shape index (κ3) is 3.35. The van der Waals surface area contributed by atoms with Crippen molar-refractivity contribution < 1.29 is 23.5 Å². The Hall–Kier alpha value is -2.47. The van der Waals surface area contributed by atoms with E-state index in [1.807, 2.05) is 0 Å². The van der Waals surface area contributed by atoms with E-state index in [4.69, 9.17) is 16.7 Å². The second kappa shape index (κ2) is 5.88. The Morgan fingerprint density at radius 1 is 1.10 bits per heavy atom. The molecule has 7 heteroatoms. The Morgan fingerprint density at radius 2 is 1.81 bits per heavy atom. The van der Waals surface area contributed by atoms with Crippen LogP contribution in [0.3, 0.4) is 0 Å². The number of aromatic carboxylic acids is 1. The first-order valence-corrected chi connectivity index (χ1v) is 6.05. The number of nitrogens with one attached hydrogen (secondary N) is 1. The zero-order valence-corrected chi connectivity index (χ0v) is 11.1. The van der Waals surface area contributed by atoms with Gasteiger partial charge in [0.15, 0.2) is 0 Å². The van der Waals surface area contributed by atoms with E-state index in [0.717, 1.165) is 30.3 Å². The van der Waals surface area contributed by atoms with Crippen LogP contribution in [-0.4, -0.2) is 17.0 Å². The highest BCUT2D eigenvalue weighted by atomic mass is 35.5. The topological polar surface area (TPSA) is 66.4 Å². The van der Waals surface area contributed by atoms with Crippen molar-refractivity contribution in [3.05, 3.63) is 64.2 Å². The summed E-state index contributed by atoms with van der Waals surface area (Å²) in [6.07, 6.45) is 0. The van der Waals surface area contributed by atoms with E-state index in [9.17, 15) is 18.4 Å². The second-order valence-electron chi connectivity index (χ2n) is 4.08. The number of halogens is 3. The molecule has 2 aromatic rings. The lowest BCUT2D eigenvalue weighted by Crippen LogP contribution is -2.14. The number of hydrogen-bond donors (Lipinski definition) is 2. The number of amides is 1. The summed E-state index contributed by atoms with van der Waals surface area (Å²) in [6, 6.07) is 6.21. The Bertz CT molecular complexity index is 734. The van der Waals surface area contributed by atoms with Gasteiger partial charge in [-0.25, -0.2) is 13.6 Å². The maximum Gasteiger partial charge on any atom is 0.335 e. The van der Waals surface area contributed by atoms with Crippen molar-refractivity contribution in [2.45, 2.75) is 0 Å². The van der Waals surface area contributed by atoms with Gasteiger partial charge in [0.25, 0.3) is 5.91 Å². The van der Waals surface area contributed by atoms with E-state index in [0.29, 0.717) is 0 Å². The molecule has 2 rings (SSSR count). The summed E-state index contributed by atoms with van der Waals surface area (Å²) in [6.45, 7) is 0.